The van der Waals surface area contributed by atoms with E-state index in [9.17, 15) is 10.2 Å². The fourth-order valence-electron chi connectivity index (χ4n) is 9.26. The molecule has 4 nitrogen and oxygen atoms in total. The molecule has 1 saturated heterocycles. The molecule has 5 aliphatic rings. The molecule has 4 heteroatoms. The Kier molecular flexibility index (Phi) is 4.37. The third-order valence-corrected chi connectivity index (χ3v) is 10.1. The lowest BCUT2D eigenvalue weighted by Crippen LogP contribution is -2.60. The third-order valence-electron chi connectivity index (χ3n) is 10.1. The lowest BCUT2D eigenvalue weighted by molar-refractivity contribution is -0.322. The number of hydrogen-bond acceptors (Lipinski definition) is 4. The molecule has 28 heavy (non-hydrogen) atoms. The third kappa shape index (κ3) is 2.63. The van der Waals surface area contributed by atoms with Crippen LogP contribution in [0.5, 0.6) is 0 Å². The Balaban J connectivity index is 1.48. The zero-order chi connectivity index (χ0) is 20.1. The second-order valence-electron chi connectivity index (χ2n) is 11.9. The summed E-state index contributed by atoms with van der Waals surface area (Å²) in [5, 5.41) is 21.8. The minimum Gasteiger partial charge on any atom is -0.393 e. The van der Waals surface area contributed by atoms with Crippen LogP contribution in [0.2, 0.25) is 0 Å². The van der Waals surface area contributed by atoms with Crippen LogP contribution in [-0.2, 0) is 9.47 Å². The average Bonchev–Trinajstić information content (AvgIpc) is 2.85. The normalized spacial score (nSPS) is 60.3. The van der Waals surface area contributed by atoms with Gasteiger partial charge < -0.3 is 19.7 Å². The van der Waals surface area contributed by atoms with E-state index in [2.05, 4.69) is 20.8 Å². The number of aliphatic hydroxyl groups excluding tert-OH is 2. The monoisotopic (exact) mass is 392 g/mol. The standard InChI is InChI=1S/C24H40O4/c1-13-20-19(28-22(2,3)27-13)11-17-16-7-6-14-10-15(25)8-9-23(14,4)21(16)18(26)12-24(17,20)5/h13-21,25-26H,6-12H2,1-5H3/t13-,14-,15+,16-,17-,18-,19-,20-,21+,23-,24-/m0/s1. The molecule has 4 saturated carbocycles. The number of hydrogen-bond donors (Lipinski definition) is 2. The van der Waals surface area contributed by atoms with E-state index in [4.69, 9.17) is 9.47 Å². The molecule has 4 aliphatic carbocycles. The van der Waals surface area contributed by atoms with E-state index in [1.165, 1.54) is 12.8 Å². The molecule has 0 aromatic rings. The van der Waals surface area contributed by atoms with Gasteiger partial charge in [0.1, 0.15) is 0 Å². The zero-order valence-corrected chi connectivity index (χ0v) is 18.4. The fraction of sp³-hybridized carbons (Fsp3) is 1.00. The average molecular weight is 393 g/mol. The van der Waals surface area contributed by atoms with Gasteiger partial charge in [-0.15, -0.1) is 0 Å². The highest BCUT2D eigenvalue weighted by Gasteiger charge is 2.67. The highest BCUT2D eigenvalue weighted by molar-refractivity contribution is 5.15. The lowest BCUT2D eigenvalue weighted by Gasteiger charge is -2.62. The fourth-order valence-corrected chi connectivity index (χ4v) is 9.26. The van der Waals surface area contributed by atoms with Gasteiger partial charge in [-0.25, -0.2) is 0 Å². The minimum atomic E-state index is -0.508. The summed E-state index contributed by atoms with van der Waals surface area (Å²) in [6, 6.07) is 0. The predicted molar refractivity (Wildman–Crippen MR) is 107 cm³/mol. The maximum Gasteiger partial charge on any atom is 0.163 e. The SMILES string of the molecule is C[C@@H]1OC(C)(C)O[C@H]2C[C@H]3[C@@H]4CC[C@H]5C[C@H](O)CC[C@]5(C)[C@H]4[C@@H](O)C[C@]3(C)[C@@H]12. The molecule has 0 aromatic heterocycles. The Morgan fingerprint density at radius 3 is 2.36 bits per heavy atom. The van der Waals surface area contributed by atoms with Gasteiger partial charge in [0, 0.05) is 5.92 Å². The number of fused-ring (bicyclic) bond motifs is 7. The van der Waals surface area contributed by atoms with Gasteiger partial charge in [-0.2, -0.15) is 0 Å². The molecule has 1 heterocycles. The minimum absolute atomic E-state index is 0.0958. The van der Waals surface area contributed by atoms with Crippen molar-refractivity contribution in [2.24, 2.45) is 40.4 Å². The smallest absolute Gasteiger partial charge is 0.163 e. The molecule has 0 unspecified atom stereocenters. The van der Waals surface area contributed by atoms with Crippen molar-refractivity contribution in [3.63, 3.8) is 0 Å². The Morgan fingerprint density at radius 1 is 0.857 bits per heavy atom. The molecule has 11 atom stereocenters. The van der Waals surface area contributed by atoms with Crippen molar-refractivity contribution in [3.05, 3.63) is 0 Å². The van der Waals surface area contributed by atoms with Crippen LogP contribution >= 0.6 is 0 Å². The molecule has 0 amide bonds. The molecule has 160 valence electrons. The van der Waals surface area contributed by atoms with E-state index in [1.54, 1.807) is 0 Å². The maximum atomic E-state index is 11.5. The van der Waals surface area contributed by atoms with E-state index in [-0.39, 0.29) is 35.2 Å². The Labute approximate surface area is 170 Å². The number of ether oxygens (including phenoxy) is 2. The summed E-state index contributed by atoms with van der Waals surface area (Å²) in [4.78, 5) is 0. The largest absolute Gasteiger partial charge is 0.393 e. The van der Waals surface area contributed by atoms with E-state index in [0.717, 1.165) is 32.1 Å². The summed E-state index contributed by atoms with van der Waals surface area (Å²) in [5.74, 6) is 2.00. The summed E-state index contributed by atoms with van der Waals surface area (Å²) < 4.78 is 12.7. The molecule has 2 N–H and O–H groups in total. The van der Waals surface area contributed by atoms with Gasteiger partial charge in [-0.3, -0.25) is 0 Å². The van der Waals surface area contributed by atoms with Crippen molar-refractivity contribution in [1.29, 1.82) is 0 Å². The maximum absolute atomic E-state index is 11.5. The molecule has 0 aromatic carbocycles. The molecule has 5 fully saturated rings. The second-order valence-corrected chi connectivity index (χ2v) is 11.9. The van der Waals surface area contributed by atoms with Crippen molar-refractivity contribution in [3.8, 4) is 0 Å². The van der Waals surface area contributed by atoms with Crippen LogP contribution in [-0.4, -0.2) is 40.4 Å². The highest BCUT2D eigenvalue weighted by atomic mass is 16.7. The van der Waals surface area contributed by atoms with Crippen LogP contribution < -0.4 is 0 Å². The van der Waals surface area contributed by atoms with Crippen LogP contribution in [0.1, 0.15) is 79.6 Å². The van der Waals surface area contributed by atoms with Gasteiger partial charge in [0.25, 0.3) is 0 Å². The van der Waals surface area contributed by atoms with Gasteiger partial charge in [0.05, 0.1) is 24.4 Å². The van der Waals surface area contributed by atoms with Crippen LogP contribution in [0.4, 0.5) is 0 Å². The summed E-state index contributed by atoms with van der Waals surface area (Å²) in [6.07, 6.45) is 7.35. The summed E-state index contributed by atoms with van der Waals surface area (Å²) >= 11 is 0. The first-order valence-electron chi connectivity index (χ1n) is 11.8. The van der Waals surface area contributed by atoms with Crippen molar-refractivity contribution >= 4 is 0 Å². The topological polar surface area (TPSA) is 58.9 Å². The summed E-state index contributed by atoms with van der Waals surface area (Å²) in [7, 11) is 0. The molecule has 5 rings (SSSR count). The first kappa shape index (κ1) is 19.8. The Hall–Kier alpha value is -0.160. The Bertz CT molecular complexity index is 634. The van der Waals surface area contributed by atoms with Crippen LogP contribution in [0, 0.1) is 40.4 Å². The van der Waals surface area contributed by atoms with E-state index < -0.39 is 5.79 Å². The number of rotatable bonds is 0. The van der Waals surface area contributed by atoms with E-state index >= 15 is 0 Å². The summed E-state index contributed by atoms with van der Waals surface area (Å²) in [5.41, 5.74) is 0.275. The van der Waals surface area contributed by atoms with Gasteiger partial charge in [0.15, 0.2) is 5.79 Å². The molecule has 1 aliphatic heterocycles. The van der Waals surface area contributed by atoms with Gasteiger partial charge in [0.2, 0.25) is 0 Å². The van der Waals surface area contributed by atoms with Crippen molar-refractivity contribution < 1.29 is 19.7 Å². The Morgan fingerprint density at radius 2 is 1.61 bits per heavy atom. The molecule has 0 spiro atoms. The van der Waals surface area contributed by atoms with Crippen LogP contribution in [0.25, 0.3) is 0 Å². The second kappa shape index (κ2) is 6.18. The summed E-state index contributed by atoms with van der Waals surface area (Å²) in [6.45, 7) is 11.2. The lowest BCUT2D eigenvalue weighted by atomic mass is 9.44. The van der Waals surface area contributed by atoms with Gasteiger partial charge in [-0.1, -0.05) is 13.8 Å². The quantitative estimate of drug-likeness (QED) is 0.651. The van der Waals surface area contributed by atoms with Crippen molar-refractivity contribution in [1.82, 2.24) is 0 Å². The molecular formula is C24H40O4. The highest BCUT2D eigenvalue weighted by Crippen LogP contribution is 2.69. The first-order valence-corrected chi connectivity index (χ1v) is 11.8. The first-order chi connectivity index (χ1) is 13.1. The van der Waals surface area contributed by atoms with Crippen LogP contribution in [0.15, 0.2) is 0 Å². The molecule has 0 radical (unpaired) electrons. The van der Waals surface area contributed by atoms with Crippen molar-refractivity contribution in [2.45, 2.75) is 110 Å². The van der Waals surface area contributed by atoms with Gasteiger partial charge in [-0.05, 0) is 100 Å². The van der Waals surface area contributed by atoms with E-state index in [1.807, 2.05) is 13.8 Å². The molecule has 0 bridgehead atoms. The molecular weight excluding hydrogens is 352 g/mol. The van der Waals surface area contributed by atoms with Gasteiger partial charge >= 0.3 is 0 Å². The number of aliphatic hydroxyl groups is 2. The van der Waals surface area contributed by atoms with E-state index in [0.29, 0.717) is 29.6 Å². The van der Waals surface area contributed by atoms with Crippen LogP contribution in [0.3, 0.4) is 0 Å². The van der Waals surface area contributed by atoms with Crippen molar-refractivity contribution in [2.75, 3.05) is 0 Å². The predicted octanol–water partition coefficient (Wildman–Crippen LogP) is 4.13. The zero-order valence-electron chi connectivity index (χ0n) is 18.4.